The highest BCUT2D eigenvalue weighted by Gasteiger charge is 2.35. The number of nitrogens with one attached hydrogen (secondary N) is 2. The molecule has 3 aromatic rings. The van der Waals surface area contributed by atoms with Crippen molar-refractivity contribution in [2.75, 3.05) is 6.61 Å². The molecule has 0 saturated carbocycles. The van der Waals surface area contributed by atoms with Crippen molar-refractivity contribution in [2.24, 2.45) is 0 Å². The summed E-state index contributed by atoms with van der Waals surface area (Å²) < 4.78 is 30.7. The van der Waals surface area contributed by atoms with Gasteiger partial charge in [0.05, 0.1) is 20.2 Å². The number of hydrogen-bond acceptors (Lipinski definition) is 8. The first kappa shape index (κ1) is 21.4. The fourth-order valence-corrected chi connectivity index (χ4v) is 5.35. The van der Waals surface area contributed by atoms with E-state index in [4.69, 9.17) is 4.74 Å². The van der Waals surface area contributed by atoms with E-state index in [9.17, 15) is 27.6 Å². The van der Waals surface area contributed by atoms with Gasteiger partial charge in [-0.1, -0.05) is 18.2 Å². The maximum absolute atomic E-state index is 12.9. The van der Waals surface area contributed by atoms with Crippen LogP contribution in [0.3, 0.4) is 0 Å². The van der Waals surface area contributed by atoms with Crippen LogP contribution in [0.15, 0.2) is 69.8 Å². The second-order valence-electron chi connectivity index (χ2n) is 6.60. The maximum atomic E-state index is 12.9. The van der Waals surface area contributed by atoms with Gasteiger partial charge in [0.25, 0.3) is 11.8 Å². The molecule has 162 valence electrons. The van der Waals surface area contributed by atoms with E-state index in [-0.39, 0.29) is 26.5 Å². The van der Waals surface area contributed by atoms with E-state index in [1.54, 1.807) is 23.6 Å². The number of hydrazine groups is 1. The number of fused-ring (bicyclic) bond motifs is 2. The van der Waals surface area contributed by atoms with E-state index in [1.165, 1.54) is 41.7 Å². The lowest BCUT2D eigenvalue weighted by atomic mass is 10.0. The van der Waals surface area contributed by atoms with Gasteiger partial charge in [-0.25, -0.2) is 13.2 Å². The second kappa shape index (κ2) is 8.36. The SMILES string of the molecule is O=C(COC(=O)c1ccc2c(c1)S(=O)(=O)c1ccccc1C2=O)NNC(=O)c1cccs1. The number of carbonyl (C=O) groups is 4. The number of amides is 2. The fourth-order valence-electron chi connectivity index (χ4n) is 3.06. The molecule has 11 heteroatoms. The summed E-state index contributed by atoms with van der Waals surface area (Å²) in [7, 11) is -4.02. The Morgan fingerprint density at radius 3 is 2.41 bits per heavy atom. The van der Waals surface area contributed by atoms with Crippen LogP contribution in [0.4, 0.5) is 0 Å². The van der Waals surface area contributed by atoms with Gasteiger partial charge >= 0.3 is 5.97 Å². The Labute approximate surface area is 185 Å². The van der Waals surface area contributed by atoms with Gasteiger partial charge in [-0.15, -0.1) is 11.3 Å². The third kappa shape index (κ3) is 3.90. The number of benzene rings is 2. The molecule has 2 N–H and O–H groups in total. The third-order valence-corrected chi connectivity index (χ3v) is 7.29. The van der Waals surface area contributed by atoms with Gasteiger partial charge in [0, 0.05) is 11.1 Å². The minimum absolute atomic E-state index is 0.0470. The molecule has 32 heavy (non-hydrogen) atoms. The lowest BCUT2D eigenvalue weighted by Crippen LogP contribution is -2.43. The van der Waals surface area contributed by atoms with Crippen molar-refractivity contribution >= 4 is 44.7 Å². The molecule has 0 radical (unpaired) electrons. The minimum Gasteiger partial charge on any atom is -0.452 e. The van der Waals surface area contributed by atoms with Crippen molar-refractivity contribution in [3.05, 3.63) is 81.5 Å². The van der Waals surface area contributed by atoms with Gasteiger partial charge in [0.2, 0.25) is 9.84 Å². The highest BCUT2D eigenvalue weighted by molar-refractivity contribution is 7.91. The Morgan fingerprint density at radius 1 is 0.906 bits per heavy atom. The van der Waals surface area contributed by atoms with E-state index in [2.05, 4.69) is 10.9 Å². The first-order valence-electron chi connectivity index (χ1n) is 9.11. The van der Waals surface area contributed by atoms with Gasteiger partial charge in [-0.05, 0) is 41.8 Å². The Bertz CT molecular complexity index is 1360. The minimum atomic E-state index is -4.02. The molecule has 0 spiro atoms. The monoisotopic (exact) mass is 470 g/mol. The molecule has 2 amide bonds. The normalized spacial score (nSPS) is 13.4. The summed E-state index contributed by atoms with van der Waals surface area (Å²) in [6.07, 6.45) is 0. The summed E-state index contributed by atoms with van der Waals surface area (Å²) in [5, 5.41) is 1.70. The molecular weight excluding hydrogens is 456 g/mol. The van der Waals surface area contributed by atoms with Crippen LogP contribution in [0.1, 0.15) is 36.0 Å². The van der Waals surface area contributed by atoms with Crippen LogP contribution < -0.4 is 10.9 Å². The Balaban J connectivity index is 1.44. The van der Waals surface area contributed by atoms with Gasteiger partial charge in [0.1, 0.15) is 0 Å². The molecule has 2 heterocycles. The zero-order chi connectivity index (χ0) is 22.9. The number of carbonyl (C=O) groups excluding carboxylic acids is 4. The highest BCUT2D eigenvalue weighted by atomic mass is 32.2. The maximum Gasteiger partial charge on any atom is 0.338 e. The van der Waals surface area contributed by atoms with Gasteiger partial charge in [-0.2, -0.15) is 0 Å². The number of esters is 1. The summed E-state index contributed by atoms with van der Waals surface area (Å²) in [6.45, 7) is -0.713. The van der Waals surface area contributed by atoms with Gasteiger partial charge < -0.3 is 4.74 Å². The topological polar surface area (TPSA) is 136 Å². The predicted molar refractivity (Wildman–Crippen MR) is 112 cm³/mol. The molecule has 4 rings (SSSR count). The van der Waals surface area contributed by atoms with E-state index < -0.39 is 40.0 Å². The fraction of sp³-hybridized carbons (Fsp3) is 0.0476. The average Bonchev–Trinajstić information content (AvgIpc) is 3.34. The molecule has 0 unspecified atom stereocenters. The Morgan fingerprint density at radius 2 is 1.66 bits per heavy atom. The van der Waals surface area contributed by atoms with E-state index in [0.29, 0.717) is 4.88 Å². The van der Waals surface area contributed by atoms with Crippen LogP contribution in [0, 0.1) is 0 Å². The van der Waals surface area contributed by atoms with Gasteiger partial charge in [0.15, 0.2) is 12.4 Å². The number of ether oxygens (including phenoxy) is 1. The van der Waals surface area contributed by atoms with E-state index >= 15 is 0 Å². The number of sulfone groups is 1. The van der Waals surface area contributed by atoms with Crippen molar-refractivity contribution in [2.45, 2.75) is 9.79 Å². The number of thiophene rings is 1. The molecule has 0 atom stereocenters. The first-order chi connectivity index (χ1) is 15.3. The average molecular weight is 470 g/mol. The molecule has 0 fully saturated rings. The van der Waals surface area contributed by atoms with Crippen LogP contribution in [0.25, 0.3) is 0 Å². The smallest absolute Gasteiger partial charge is 0.338 e. The Hall–Kier alpha value is -3.83. The summed E-state index contributed by atoms with van der Waals surface area (Å²) in [6, 6.07) is 12.6. The molecule has 1 aliphatic rings. The van der Waals surface area contributed by atoms with E-state index in [0.717, 1.165) is 6.07 Å². The van der Waals surface area contributed by atoms with Crippen LogP contribution in [-0.2, 0) is 19.4 Å². The molecule has 0 aliphatic carbocycles. The zero-order valence-electron chi connectivity index (χ0n) is 16.2. The number of ketones is 1. The van der Waals surface area contributed by atoms with Gasteiger partial charge in [-0.3, -0.25) is 25.2 Å². The number of rotatable bonds is 4. The highest BCUT2D eigenvalue weighted by Crippen LogP contribution is 2.34. The van der Waals surface area contributed by atoms with Crippen LogP contribution in [-0.4, -0.2) is 38.6 Å². The molecule has 1 aromatic heterocycles. The molecule has 1 aliphatic heterocycles. The summed E-state index contributed by atoms with van der Waals surface area (Å²) in [4.78, 5) is 48.5. The standard InChI is InChI=1S/C21H14N2O7S2/c24-18(22-23-20(26)15-5-3-9-31-15)11-30-21(27)12-7-8-14-17(10-12)32(28,29)16-6-2-1-4-13(16)19(14)25/h1-10H,11H2,(H,22,24)(H,23,26). The van der Waals surface area contributed by atoms with Crippen LogP contribution in [0.2, 0.25) is 0 Å². The first-order valence-corrected chi connectivity index (χ1v) is 11.5. The summed E-state index contributed by atoms with van der Waals surface area (Å²) in [5.41, 5.74) is 4.16. The quantitative estimate of drug-likeness (QED) is 0.343. The molecule has 9 nitrogen and oxygen atoms in total. The lowest BCUT2D eigenvalue weighted by molar-refractivity contribution is -0.125. The van der Waals surface area contributed by atoms with Crippen molar-refractivity contribution in [1.29, 1.82) is 0 Å². The Kier molecular flexibility index (Phi) is 5.59. The second-order valence-corrected chi connectivity index (χ2v) is 9.43. The molecule has 0 saturated heterocycles. The van der Waals surface area contributed by atoms with E-state index in [1.807, 2.05) is 0 Å². The summed E-state index contributed by atoms with van der Waals surface area (Å²) >= 11 is 1.18. The van der Waals surface area contributed by atoms with Crippen molar-refractivity contribution in [3.8, 4) is 0 Å². The summed E-state index contributed by atoms with van der Waals surface area (Å²) in [5.74, 6) is -2.75. The largest absolute Gasteiger partial charge is 0.452 e. The third-order valence-electron chi connectivity index (χ3n) is 4.57. The zero-order valence-corrected chi connectivity index (χ0v) is 17.8. The lowest BCUT2D eigenvalue weighted by Gasteiger charge is -2.19. The van der Waals surface area contributed by atoms with Crippen molar-refractivity contribution in [3.63, 3.8) is 0 Å². The molecule has 2 aromatic carbocycles. The molecule has 0 bridgehead atoms. The van der Waals surface area contributed by atoms with Crippen molar-refractivity contribution < 1.29 is 32.3 Å². The van der Waals surface area contributed by atoms with Crippen molar-refractivity contribution in [1.82, 2.24) is 10.9 Å². The number of hydrogen-bond donors (Lipinski definition) is 2. The van der Waals surface area contributed by atoms with Crippen LogP contribution >= 0.6 is 11.3 Å². The molecular formula is C21H14N2O7S2. The predicted octanol–water partition coefficient (Wildman–Crippen LogP) is 1.74. The van der Waals surface area contributed by atoms with Crippen LogP contribution in [0.5, 0.6) is 0 Å².